The van der Waals surface area contributed by atoms with Gasteiger partial charge in [-0.3, -0.25) is 4.79 Å². The van der Waals surface area contributed by atoms with Crippen LogP contribution in [-0.4, -0.2) is 11.1 Å². The normalized spacial score (nSPS) is 25.2. The number of carboxylic acids is 1. The number of fused-ring (bicyclic) bond motifs is 1. The Kier molecular flexibility index (Phi) is 2.85. The van der Waals surface area contributed by atoms with Crippen LogP contribution in [0.1, 0.15) is 53.4 Å². The fourth-order valence-electron chi connectivity index (χ4n) is 4.35. The molecule has 0 spiro atoms. The van der Waals surface area contributed by atoms with E-state index in [9.17, 15) is 4.79 Å². The van der Waals surface area contributed by atoms with E-state index in [2.05, 4.69) is 48.5 Å². The van der Waals surface area contributed by atoms with Crippen LogP contribution in [0.4, 0.5) is 0 Å². The van der Waals surface area contributed by atoms with Gasteiger partial charge in [0.25, 0.3) is 0 Å². The number of rotatable bonds is 3. The van der Waals surface area contributed by atoms with Crippen LogP contribution in [0.15, 0.2) is 48.5 Å². The maximum Gasteiger partial charge on any atom is 0.303 e. The number of hydrogen-bond donors (Lipinski definition) is 1. The number of carbonyl (C=O) groups is 1. The topological polar surface area (TPSA) is 37.3 Å². The number of hydrogen-bond acceptors (Lipinski definition) is 1. The maximum absolute atomic E-state index is 10.9. The zero-order valence-electron chi connectivity index (χ0n) is 11.8. The molecule has 106 valence electrons. The molecular weight excluding hydrogens is 260 g/mol. The van der Waals surface area contributed by atoms with Crippen molar-refractivity contribution in [3.63, 3.8) is 0 Å². The van der Waals surface area contributed by atoms with E-state index in [1.54, 1.807) is 0 Å². The van der Waals surface area contributed by atoms with Crippen LogP contribution < -0.4 is 0 Å². The Hall–Kier alpha value is -2.09. The highest BCUT2D eigenvalue weighted by Crippen LogP contribution is 2.56. The minimum absolute atomic E-state index is 0.276. The first-order chi connectivity index (χ1) is 10.3. The second kappa shape index (κ2) is 4.73. The molecule has 0 aliphatic heterocycles. The van der Waals surface area contributed by atoms with Crippen molar-refractivity contribution in [3.8, 4) is 0 Å². The predicted octanol–water partition coefficient (Wildman–Crippen LogP) is 4.15. The second-order valence-electron chi connectivity index (χ2n) is 6.22. The summed E-state index contributed by atoms with van der Waals surface area (Å²) in [6.45, 7) is 0. The van der Waals surface area contributed by atoms with Gasteiger partial charge in [0.2, 0.25) is 0 Å². The molecule has 2 heteroatoms. The van der Waals surface area contributed by atoms with Gasteiger partial charge in [-0.05, 0) is 41.0 Å². The molecule has 21 heavy (non-hydrogen) atoms. The van der Waals surface area contributed by atoms with Crippen molar-refractivity contribution in [1.29, 1.82) is 0 Å². The summed E-state index contributed by atoms with van der Waals surface area (Å²) >= 11 is 0. The fraction of sp³-hybridized carbons (Fsp3) is 0.316. The summed E-state index contributed by atoms with van der Waals surface area (Å²) in [6.07, 6.45) is 2.14. The summed E-state index contributed by atoms with van der Waals surface area (Å²) in [5, 5.41) is 9.00. The Morgan fingerprint density at radius 3 is 2.00 bits per heavy atom. The highest BCUT2D eigenvalue weighted by molar-refractivity contribution is 5.66. The van der Waals surface area contributed by atoms with Gasteiger partial charge in [-0.25, -0.2) is 0 Å². The molecule has 1 N–H and O–H groups in total. The summed E-state index contributed by atoms with van der Waals surface area (Å²) in [5.41, 5.74) is 5.74. The first-order valence-electron chi connectivity index (χ1n) is 7.65. The monoisotopic (exact) mass is 278 g/mol. The van der Waals surface area contributed by atoms with Gasteiger partial charge in [-0.2, -0.15) is 0 Å². The minimum Gasteiger partial charge on any atom is -0.481 e. The quantitative estimate of drug-likeness (QED) is 0.915. The first-order valence-corrected chi connectivity index (χ1v) is 7.65. The van der Waals surface area contributed by atoms with Crippen molar-refractivity contribution < 1.29 is 9.90 Å². The van der Waals surface area contributed by atoms with E-state index in [0.717, 1.165) is 12.8 Å². The molecule has 0 heterocycles. The molecule has 0 aromatic heterocycles. The largest absolute Gasteiger partial charge is 0.481 e. The van der Waals surface area contributed by atoms with Gasteiger partial charge in [-0.1, -0.05) is 48.5 Å². The van der Waals surface area contributed by atoms with Gasteiger partial charge < -0.3 is 5.11 Å². The molecule has 2 bridgehead atoms. The van der Waals surface area contributed by atoms with Crippen LogP contribution in [0, 0.1) is 5.92 Å². The van der Waals surface area contributed by atoms with Crippen molar-refractivity contribution in [2.24, 2.45) is 5.92 Å². The Bertz CT molecular complexity index is 657. The Morgan fingerprint density at radius 1 is 0.952 bits per heavy atom. The molecule has 5 rings (SSSR count). The lowest BCUT2D eigenvalue weighted by Crippen LogP contribution is -2.32. The van der Waals surface area contributed by atoms with Crippen molar-refractivity contribution in [2.75, 3.05) is 0 Å². The smallest absolute Gasteiger partial charge is 0.303 e. The van der Waals surface area contributed by atoms with E-state index >= 15 is 0 Å². The molecule has 2 nitrogen and oxygen atoms in total. The number of benzene rings is 2. The van der Waals surface area contributed by atoms with Gasteiger partial charge in [-0.15, -0.1) is 0 Å². The molecular formula is C19H18O2. The van der Waals surface area contributed by atoms with E-state index in [0.29, 0.717) is 17.8 Å². The van der Waals surface area contributed by atoms with Gasteiger partial charge in [0.05, 0.1) is 0 Å². The molecule has 0 amide bonds. The van der Waals surface area contributed by atoms with E-state index in [1.165, 1.54) is 22.3 Å². The van der Waals surface area contributed by atoms with Gasteiger partial charge in [0.15, 0.2) is 0 Å². The van der Waals surface area contributed by atoms with E-state index in [4.69, 9.17) is 5.11 Å². The van der Waals surface area contributed by atoms with Gasteiger partial charge in [0, 0.05) is 18.3 Å². The molecule has 3 aliphatic rings. The summed E-state index contributed by atoms with van der Waals surface area (Å²) in [4.78, 5) is 10.9. The summed E-state index contributed by atoms with van der Waals surface area (Å²) in [7, 11) is 0. The first kappa shape index (κ1) is 12.6. The molecule has 2 aromatic carbocycles. The van der Waals surface area contributed by atoms with Gasteiger partial charge in [0.1, 0.15) is 0 Å². The van der Waals surface area contributed by atoms with Crippen LogP contribution in [0.25, 0.3) is 0 Å². The molecule has 1 atom stereocenters. The maximum atomic E-state index is 10.9. The third kappa shape index (κ3) is 1.90. The molecule has 0 unspecified atom stereocenters. The highest BCUT2D eigenvalue weighted by Gasteiger charge is 2.42. The fourth-order valence-corrected chi connectivity index (χ4v) is 4.35. The van der Waals surface area contributed by atoms with E-state index in [-0.39, 0.29) is 6.42 Å². The van der Waals surface area contributed by atoms with E-state index in [1.807, 2.05) is 0 Å². The highest BCUT2D eigenvalue weighted by atomic mass is 16.4. The zero-order valence-corrected chi connectivity index (χ0v) is 11.8. The standard InChI is InChI=1S/C19H18O2/c20-18(21)10-9-12-11-17-13-5-1-3-7-15(13)19(12)16-8-4-2-6-14(16)17/h1-8,12,17,19H,9-11H2,(H,20,21)/t12-,17?,19?/m0/s1. The van der Waals surface area contributed by atoms with Crippen LogP contribution in [-0.2, 0) is 4.79 Å². The average molecular weight is 278 g/mol. The second-order valence-corrected chi connectivity index (χ2v) is 6.22. The van der Waals surface area contributed by atoms with Crippen molar-refractivity contribution in [2.45, 2.75) is 31.1 Å². The molecule has 2 aromatic rings. The van der Waals surface area contributed by atoms with Crippen LogP contribution >= 0.6 is 0 Å². The lowest BCUT2D eigenvalue weighted by Gasteiger charge is -2.45. The molecule has 0 fully saturated rings. The number of aliphatic carboxylic acids is 1. The zero-order chi connectivity index (χ0) is 14.4. The van der Waals surface area contributed by atoms with Crippen molar-refractivity contribution in [1.82, 2.24) is 0 Å². The third-order valence-corrected chi connectivity index (χ3v) is 5.15. The Balaban J connectivity index is 1.81. The average Bonchev–Trinajstić information content (AvgIpc) is 2.53. The SMILES string of the molecule is O=C(O)CC[C@H]1CC2c3ccccc3C1c1ccccc12. The van der Waals surface area contributed by atoms with Crippen LogP contribution in [0.2, 0.25) is 0 Å². The van der Waals surface area contributed by atoms with Crippen LogP contribution in [0.3, 0.4) is 0 Å². The predicted molar refractivity (Wildman–Crippen MR) is 81.5 cm³/mol. The van der Waals surface area contributed by atoms with Gasteiger partial charge >= 0.3 is 5.97 Å². The Morgan fingerprint density at radius 2 is 1.48 bits per heavy atom. The summed E-state index contributed by atoms with van der Waals surface area (Å²) < 4.78 is 0. The summed E-state index contributed by atoms with van der Waals surface area (Å²) in [5.74, 6) is 0.594. The van der Waals surface area contributed by atoms with Crippen molar-refractivity contribution >= 4 is 5.97 Å². The third-order valence-electron chi connectivity index (χ3n) is 5.15. The lowest BCUT2D eigenvalue weighted by atomic mass is 9.58. The summed E-state index contributed by atoms with van der Waals surface area (Å²) in [6, 6.07) is 17.4. The lowest BCUT2D eigenvalue weighted by molar-refractivity contribution is -0.137. The molecule has 0 saturated heterocycles. The van der Waals surface area contributed by atoms with E-state index < -0.39 is 5.97 Å². The molecule has 0 radical (unpaired) electrons. The van der Waals surface area contributed by atoms with Crippen LogP contribution in [0.5, 0.6) is 0 Å². The Labute approximate surface area is 124 Å². The number of carboxylic acid groups (broad SMARTS) is 1. The van der Waals surface area contributed by atoms with Crippen molar-refractivity contribution in [3.05, 3.63) is 70.8 Å². The minimum atomic E-state index is -0.682. The molecule has 3 aliphatic carbocycles. The molecule has 0 saturated carbocycles.